The topological polar surface area (TPSA) is 115 Å². The highest BCUT2D eigenvalue weighted by molar-refractivity contribution is 7.89. The van der Waals surface area contributed by atoms with Crippen LogP contribution in [0, 0.1) is 0 Å². The van der Waals surface area contributed by atoms with Gasteiger partial charge in [-0.1, -0.05) is 34.8 Å². The van der Waals surface area contributed by atoms with E-state index in [0.29, 0.717) is 4.31 Å². The number of aromatic hydroxyl groups is 1. The van der Waals surface area contributed by atoms with Gasteiger partial charge in [-0.2, -0.15) is 4.31 Å². The van der Waals surface area contributed by atoms with Crippen LogP contribution in [0.1, 0.15) is 6.42 Å². The van der Waals surface area contributed by atoms with Crippen LogP contribution in [0.2, 0.25) is 15.1 Å². The fourth-order valence-corrected chi connectivity index (χ4v) is 4.63. The summed E-state index contributed by atoms with van der Waals surface area (Å²) < 4.78 is 25.7. The van der Waals surface area contributed by atoms with Gasteiger partial charge in [0.2, 0.25) is 10.0 Å². The summed E-state index contributed by atoms with van der Waals surface area (Å²) >= 11 is 17.2. The number of carbonyl (C=O) groups is 1. The number of aliphatic carboxylic acids is 1. The molecule has 3 N–H and O–H groups in total. The lowest BCUT2D eigenvalue weighted by Gasteiger charge is -2.21. The summed E-state index contributed by atoms with van der Waals surface area (Å²) in [6.07, 6.45) is -1.39. The van der Waals surface area contributed by atoms with Crippen LogP contribution in [-0.4, -0.2) is 52.7 Å². The Morgan fingerprint density at radius 2 is 1.86 bits per heavy atom. The highest BCUT2D eigenvalue weighted by Crippen LogP contribution is 2.43. The lowest BCUT2D eigenvalue weighted by Crippen LogP contribution is -2.40. The van der Waals surface area contributed by atoms with E-state index in [9.17, 15) is 23.4 Å². The second-order valence-corrected chi connectivity index (χ2v) is 7.67. The first-order valence-corrected chi connectivity index (χ1v) is 8.44. The van der Waals surface area contributed by atoms with Crippen LogP contribution in [0.25, 0.3) is 0 Å². The molecule has 0 amide bonds. The minimum Gasteiger partial charge on any atom is -0.505 e. The molecule has 1 aromatic rings. The van der Waals surface area contributed by atoms with Crippen molar-refractivity contribution in [1.29, 1.82) is 0 Å². The minimum absolute atomic E-state index is 0.213. The van der Waals surface area contributed by atoms with Gasteiger partial charge in [-0.3, -0.25) is 4.79 Å². The lowest BCUT2D eigenvalue weighted by atomic mass is 10.2. The molecular weight excluding hydrogens is 381 g/mol. The van der Waals surface area contributed by atoms with Crippen LogP contribution in [0.4, 0.5) is 0 Å². The summed E-state index contributed by atoms with van der Waals surface area (Å²) in [6, 6.07) is -0.572. The minimum atomic E-state index is -4.44. The Balaban J connectivity index is 2.58. The van der Waals surface area contributed by atoms with Gasteiger partial charge >= 0.3 is 5.97 Å². The van der Waals surface area contributed by atoms with E-state index in [2.05, 4.69) is 0 Å². The lowest BCUT2D eigenvalue weighted by molar-refractivity contribution is -0.140. The molecule has 1 aromatic carbocycles. The number of β-amino-alcohol motifs (C(OH)–C–C–N with tert-alkyl or cyclic N) is 1. The number of benzene rings is 1. The maximum Gasteiger partial charge on any atom is 0.322 e. The maximum atomic E-state index is 12.6. The van der Waals surface area contributed by atoms with Crippen LogP contribution >= 0.6 is 34.8 Å². The van der Waals surface area contributed by atoms with Crippen molar-refractivity contribution in [2.75, 3.05) is 6.54 Å². The molecule has 0 radical (unpaired) electrons. The predicted octanol–water partition coefficient (Wildman–Crippen LogP) is 1.56. The van der Waals surface area contributed by atoms with E-state index in [-0.39, 0.29) is 16.5 Å². The monoisotopic (exact) mass is 389 g/mol. The average molecular weight is 391 g/mol. The van der Waals surface area contributed by atoms with Crippen LogP contribution in [0.5, 0.6) is 5.75 Å². The Labute approximate surface area is 140 Å². The van der Waals surface area contributed by atoms with Crippen molar-refractivity contribution in [2.24, 2.45) is 0 Å². The van der Waals surface area contributed by atoms with E-state index < -0.39 is 50.4 Å². The van der Waals surface area contributed by atoms with Crippen molar-refractivity contribution in [3.05, 3.63) is 21.1 Å². The van der Waals surface area contributed by atoms with Crippen molar-refractivity contribution in [1.82, 2.24) is 4.31 Å². The van der Waals surface area contributed by atoms with E-state index in [0.717, 1.165) is 6.07 Å². The molecule has 2 rings (SSSR count). The van der Waals surface area contributed by atoms with Gasteiger partial charge in [-0.25, -0.2) is 8.42 Å². The molecule has 0 spiro atoms. The molecule has 22 heavy (non-hydrogen) atoms. The number of carboxylic acid groups (broad SMARTS) is 1. The SMILES string of the molecule is O=C(O)[C@H]1C[C@H](O)CN1S(=O)(=O)c1cc(Cl)c(Cl)c(Cl)c1O. The normalized spacial score (nSPS) is 22.9. The Morgan fingerprint density at radius 1 is 1.27 bits per heavy atom. The summed E-state index contributed by atoms with van der Waals surface area (Å²) in [6.45, 7) is -0.420. The summed E-state index contributed by atoms with van der Waals surface area (Å²) in [5.74, 6) is -2.24. The van der Waals surface area contributed by atoms with E-state index in [1.807, 2.05) is 0 Å². The number of phenols is 1. The molecule has 1 aliphatic rings. The van der Waals surface area contributed by atoms with Crippen LogP contribution in [0.15, 0.2) is 11.0 Å². The number of halogens is 3. The number of sulfonamides is 1. The van der Waals surface area contributed by atoms with Gasteiger partial charge in [0, 0.05) is 13.0 Å². The number of hydrogen-bond acceptors (Lipinski definition) is 5. The molecule has 1 heterocycles. The van der Waals surface area contributed by atoms with Crippen LogP contribution < -0.4 is 0 Å². The highest BCUT2D eigenvalue weighted by atomic mass is 35.5. The van der Waals surface area contributed by atoms with E-state index in [4.69, 9.17) is 39.9 Å². The van der Waals surface area contributed by atoms with Crippen molar-refractivity contribution in [2.45, 2.75) is 23.5 Å². The van der Waals surface area contributed by atoms with Crippen molar-refractivity contribution in [3.8, 4) is 5.75 Å². The quantitative estimate of drug-likeness (QED) is 0.675. The van der Waals surface area contributed by atoms with Gasteiger partial charge in [0.1, 0.15) is 16.0 Å². The molecule has 2 atom stereocenters. The zero-order valence-corrected chi connectivity index (χ0v) is 13.8. The molecule has 1 fully saturated rings. The smallest absolute Gasteiger partial charge is 0.322 e. The molecule has 0 aromatic heterocycles. The van der Waals surface area contributed by atoms with Gasteiger partial charge in [0.25, 0.3) is 0 Å². The van der Waals surface area contributed by atoms with Gasteiger partial charge in [-0.05, 0) is 6.07 Å². The number of phenolic OH excluding ortho intramolecular Hbond substituents is 1. The Morgan fingerprint density at radius 3 is 2.41 bits per heavy atom. The second kappa shape index (κ2) is 6.03. The third-order valence-electron chi connectivity index (χ3n) is 3.21. The predicted molar refractivity (Wildman–Crippen MR) is 79.1 cm³/mol. The molecule has 122 valence electrons. The molecule has 11 heteroatoms. The summed E-state index contributed by atoms with van der Waals surface area (Å²) in [5, 5.41) is 27.6. The Hall–Kier alpha value is -0.770. The van der Waals surface area contributed by atoms with Crippen molar-refractivity contribution >= 4 is 50.8 Å². The first kappa shape index (κ1) is 17.6. The molecule has 0 unspecified atom stereocenters. The van der Waals surface area contributed by atoms with Gasteiger partial charge in [0.05, 0.1) is 16.1 Å². The molecule has 0 aliphatic carbocycles. The summed E-state index contributed by atoms with van der Waals surface area (Å²) in [7, 11) is -4.44. The fourth-order valence-electron chi connectivity index (χ4n) is 2.16. The molecule has 0 saturated carbocycles. The molecule has 1 saturated heterocycles. The van der Waals surface area contributed by atoms with Gasteiger partial charge in [-0.15, -0.1) is 0 Å². The molecule has 7 nitrogen and oxygen atoms in total. The van der Waals surface area contributed by atoms with E-state index in [1.54, 1.807) is 0 Å². The molecule has 1 aliphatic heterocycles. The standard InChI is InChI=1S/C11H10Cl3NO6S/c12-5-2-7(10(17)9(14)8(5)13)22(20,21)15-3-4(16)1-6(15)11(18)19/h2,4,6,16-17H,1,3H2,(H,18,19)/t4-,6+/m0/s1. The zero-order chi connectivity index (χ0) is 16.8. The third-order valence-corrected chi connectivity index (χ3v) is 6.35. The summed E-state index contributed by atoms with van der Waals surface area (Å²) in [4.78, 5) is 10.5. The first-order valence-electron chi connectivity index (χ1n) is 5.86. The van der Waals surface area contributed by atoms with Gasteiger partial charge < -0.3 is 15.3 Å². The zero-order valence-electron chi connectivity index (χ0n) is 10.7. The number of carboxylic acids is 1. The van der Waals surface area contributed by atoms with Crippen molar-refractivity contribution in [3.63, 3.8) is 0 Å². The largest absolute Gasteiger partial charge is 0.505 e. The van der Waals surface area contributed by atoms with E-state index in [1.165, 1.54) is 0 Å². The van der Waals surface area contributed by atoms with Crippen LogP contribution in [0.3, 0.4) is 0 Å². The number of rotatable bonds is 3. The number of nitrogens with zero attached hydrogens (tertiary/aromatic N) is 1. The maximum absolute atomic E-state index is 12.6. The Kier molecular flexibility index (Phi) is 4.82. The Bertz CT molecular complexity index is 738. The second-order valence-electron chi connectivity index (χ2n) is 4.65. The third kappa shape index (κ3) is 2.86. The fraction of sp³-hybridized carbons (Fsp3) is 0.364. The van der Waals surface area contributed by atoms with Crippen molar-refractivity contribution < 1.29 is 28.5 Å². The average Bonchev–Trinajstić information content (AvgIpc) is 2.83. The highest BCUT2D eigenvalue weighted by Gasteiger charge is 2.44. The summed E-state index contributed by atoms with van der Waals surface area (Å²) in [5.41, 5.74) is 0. The number of hydrogen-bond donors (Lipinski definition) is 3. The number of aliphatic hydroxyl groups is 1. The molecular formula is C11H10Cl3NO6S. The van der Waals surface area contributed by atoms with Crippen LogP contribution in [-0.2, 0) is 14.8 Å². The molecule has 0 bridgehead atoms. The number of aliphatic hydroxyl groups excluding tert-OH is 1. The van der Waals surface area contributed by atoms with E-state index >= 15 is 0 Å². The van der Waals surface area contributed by atoms with Gasteiger partial charge in [0.15, 0.2) is 5.75 Å². The first-order chi connectivity index (χ1) is 10.1.